The molecule has 3 aromatic heterocycles. The molecule has 0 radical (unpaired) electrons. The molecule has 3 aromatic rings. The fourth-order valence-corrected chi connectivity index (χ4v) is 3.41. The standard InChI is InChI=1S/C20H23FN8O4/c1-10(2)23-20(30)33-14-9-32-18(17(14)21)13-5-15(28-27-13)26-19-25-11(6-22)4-16-24-12(8-31-3)7-29(16)19/h4-5,7,10,14,17-18H,8-9H2,1-3H3,(H,23,30)(H2,25,26,27,28)/t14-,17+,18-/m0/s1. The Bertz CT molecular complexity index is 1190. The molecule has 0 unspecified atom stereocenters. The Kier molecular flexibility index (Phi) is 6.38. The molecule has 0 aliphatic carbocycles. The largest absolute Gasteiger partial charge is 0.441 e. The van der Waals surface area contributed by atoms with E-state index in [4.69, 9.17) is 14.2 Å². The molecule has 1 fully saturated rings. The summed E-state index contributed by atoms with van der Waals surface area (Å²) in [7, 11) is 1.56. The molecule has 0 aromatic carbocycles. The van der Waals surface area contributed by atoms with Gasteiger partial charge in [0.2, 0.25) is 5.95 Å². The van der Waals surface area contributed by atoms with E-state index in [-0.39, 0.29) is 18.3 Å². The van der Waals surface area contributed by atoms with Crippen molar-refractivity contribution < 1.29 is 23.4 Å². The van der Waals surface area contributed by atoms with Crippen LogP contribution in [0, 0.1) is 11.3 Å². The number of fused-ring (bicyclic) bond motifs is 1. The number of aromatic nitrogens is 5. The molecule has 1 saturated heterocycles. The van der Waals surface area contributed by atoms with E-state index in [1.807, 2.05) is 6.07 Å². The number of anilines is 2. The van der Waals surface area contributed by atoms with Crippen LogP contribution >= 0.6 is 0 Å². The lowest BCUT2D eigenvalue weighted by atomic mass is 10.1. The minimum Gasteiger partial charge on any atom is -0.441 e. The lowest BCUT2D eigenvalue weighted by molar-refractivity contribution is 0.0615. The summed E-state index contributed by atoms with van der Waals surface area (Å²) in [5.41, 5.74) is 1.69. The molecule has 174 valence electrons. The number of halogens is 1. The molecule has 1 aliphatic rings. The topological polar surface area (TPSA) is 151 Å². The van der Waals surface area contributed by atoms with E-state index < -0.39 is 24.5 Å². The number of H-pyrrole nitrogens is 1. The fourth-order valence-electron chi connectivity index (χ4n) is 3.41. The first kappa shape index (κ1) is 22.4. The lowest BCUT2D eigenvalue weighted by Gasteiger charge is -2.16. The van der Waals surface area contributed by atoms with Crippen molar-refractivity contribution >= 4 is 23.5 Å². The number of nitrogens with zero attached hydrogens (tertiary/aromatic N) is 5. The number of alkyl carbamates (subject to hydrolysis) is 1. The van der Waals surface area contributed by atoms with Crippen LogP contribution in [0.15, 0.2) is 18.3 Å². The number of rotatable bonds is 7. The molecule has 1 amide bonds. The number of nitrogens with one attached hydrogen (secondary N) is 3. The van der Waals surface area contributed by atoms with Crippen molar-refractivity contribution in [2.24, 2.45) is 0 Å². The normalized spacial score (nSPS) is 20.2. The first-order valence-electron chi connectivity index (χ1n) is 10.2. The van der Waals surface area contributed by atoms with Gasteiger partial charge in [-0.2, -0.15) is 10.4 Å². The summed E-state index contributed by atoms with van der Waals surface area (Å²) >= 11 is 0. The van der Waals surface area contributed by atoms with Crippen molar-refractivity contribution in [3.8, 4) is 6.07 Å². The summed E-state index contributed by atoms with van der Waals surface area (Å²) in [5.74, 6) is 0.626. The molecule has 4 heterocycles. The van der Waals surface area contributed by atoms with Gasteiger partial charge in [0.1, 0.15) is 23.5 Å². The number of methoxy groups -OCH3 is 1. The van der Waals surface area contributed by atoms with E-state index in [0.717, 1.165) is 0 Å². The maximum Gasteiger partial charge on any atom is 0.407 e. The van der Waals surface area contributed by atoms with Gasteiger partial charge in [0.15, 0.2) is 18.1 Å². The number of imidazole rings is 1. The van der Waals surface area contributed by atoms with Gasteiger partial charge < -0.3 is 24.8 Å². The summed E-state index contributed by atoms with van der Waals surface area (Å²) in [6.45, 7) is 3.77. The SMILES string of the molecule is COCc1cn2c(Nc3cc([C@@H]4OC[C@H](OC(=O)NC(C)C)[C@H]4F)[nH]n3)nc(C#N)cc2n1. The molecule has 33 heavy (non-hydrogen) atoms. The third kappa shape index (κ3) is 4.86. The zero-order valence-corrected chi connectivity index (χ0v) is 18.2. The Balaban J connectivity index is 1.50. The highest BCUT2D eigenvalue weighted by atomic mass is 19.1. The molecular weight excluding hydrogens is 435 g/mol. The minimum atomic E-state index is -1.58. The van der Waals surface area contributed by atoms with Gasteiger partial charge in [-0.15, -0.1) is 0 Å². The molecular formula is C20H23FN8O4. The molecule has 1 aliphatic heterocycles. The van der Waals surface area contributed by atoms with Crippen LogP contribution in [0.5, 0.6) is 0 Å². The first-order valence-corrected chi connectivity index (χ1v) is 10.2. The van der Waals surface area contributed by atoms with Crippen LogP contribution in [0.25, 0.3) is 5.65 Å². The Morgan fingerprint density at radius 2 is 2.27 bits per heavy atom. The highest BCUT2D eigenvalue weighted by Gasteiger charge is 2.42. The van der Waals surface area contributed by atoms with Crippen molar-refractivity contribution in [3.05, 3.63) is 35.4 Å². The Morgan fingerprint density at radius 1 is 1.45 bits per heavy atom. The number of carbonyl (C=O) groups is 1. The number of alkyl halides is 1. The third-order valence-corrected chi connectivity index (χ3v) is 4.80. The van der Waals surface area contributed by atoms with Crippen molar-refractivity contribution in [2.75, 3.05) is 19.0 Å². The first-order chi connectivity index (χ1) is 15.9. The average molecular weight is 458 g/mol. The fraction of sp³-hybridized carbons (Fsp3) is 0.450. The van der Waals surface area contributed by atoms with Crippen LogP contribution in [-0.2, 0) is 20.8 Å². The predicted molar refractivity (Wildman–Crippen MR) is 112 cm³/mol. The van der Waals surface area contributed by atoms with E-state index in [1.54, 1.807) is 43.7 Å². The Hall–Kier alpha value is -3.76. The maximum atomic E-state index is 14.9. The van der Waals surface area contributed by atoms with Crippen molar-refractivity contribution in [2.45, 2.75) is 44.9 Å². The summed E-state index contributed by atoms with van der Waals surface area (Å²) in [4.78, 5) is 20.4. The second kappa shape index (κ2) is 9.39. The molecule has 0 bridgehead atoms. The highest BCUT2D eigenvalue weighted by molar-refractivity contribution is 5.67. The van der Waals surface area contributed by atoms with Crippen LogP contribution in [0.4, 0.5) is 21.0 Å². The molecule has 3 atom stereocenters. The van der Waals surface area contributed by atoms with Crippen LogP contribution < -0.4 is 10.6 Å². The highest BCUT2D eigenvalue weighted by Crippen LogP contribution is 2.33. The number of hydrogen-bond donors (Lipinski definition) is 3. The predicted octanol–water partition coefficient (Wildman–Crippen LogP) is 2.13. The number of aromatic amines is 1. The van der Waals surface area contributed by atoms with Crippen LogP contribution in [0.3, 0.4) is 0 Å². The van der Waals surface area contributed by atoms with Gasteiger partial charge >= 0.3 is 6.09 Å². The van der Waals surface area contributed by atoms with Crippen LogP contribution in [0.1, 0.15) is 37.0 Å². The van der Waals surface area contributed by atoms with E-state index in [2.05, 4.69) is 30.8 Å². The van der Waals surface area contributed by atoms with E-state index >= 15 is 0 Å². The number of carbonyl (C=O) groups excluding carboxylic acids is 1. The summed E-state index contributed by atoms with van der Waals surface area (Å²) in [6.07, 6.45) is -2.56. The van der Waals surface area contributed by atoms with Gasteiger partial charge in [0.25, 0.3) is 0 Å². The second-order valence-electron chi connectivity index (χ2n) is 7.74. The van der Waals surface area contributed by atoms with Gasteiger partial charge in [-0.1, -0.05) is 0 Å². The van der Waals surface area contributed by atoms with Crippen molar-refractivity contribution in [1.29, 1.82) is 5.26 Å². The molecule has 12 nitrogen and oxygen atoms in total. The summed E-state index contributed by atoms with van der Waals surface area (Å²) < 4.78 is 32.3. The second-order valence-corrected chi connectivity index (χ2v) is 7.74. The van der Waals surface area contributed by atoms with Gasteiger partial charge in [-0.25, -0.2) is 19.2 Å². The zero-order valence-electron chi connectivity index (χ0n) is 18.2. The Morgan fingerprint density at radius 3 is 3.00 bits per heavy atom. The van der Waals surface area contributed by atoms with E-state index in [0.29, 0.717) is 35.4 Å². The molecule has 13 heteroatoms. The van der Waals surface area contributed by atoms with E-state index in [9.17, 15) is 14.4 Å². The van der Waals surface area contributed by atoms with Crippen molar-refractivity contribution in [3.63, 3.8) is 0 Å². The maximum absolute atomic E-state index is 14.9. The average Bonchev–Trinajstić information content (AvgIpc) is 3.47. The Labute approximate surface area is 188 Å². The van der Waals surface area contributed by atoms with Gasteiger partial charge in [-0.3, -0.25) is 9.50 Å². The summed E-state index contributed by atoms with van der Waals surface area (Å²) in [5, 5.41) is 21.7. The summed E-state index contributed by atoms with van der Waals surface area (Å²) in [6, 6.07) is 4.98. The van der Waals surface area contributed by atoms with Gasteiger partial charge in [0.05, 0.1) is 24.6 Å². The molecule has 3 N–H and O–H groups in total. The quantitative estimate of drug-likeness (QED) is 0.483. The third-order valence-electron chi connectivity index (χ3n) is 4.80. The van der Waals surface area contributed by atoms with E-state index in [1.165, 1.54) is 0 Å². The molecule has 4 rings (SSSR count). The van der Waals surface area contributed by atoms with Crippen molar-refractivity contribution in [1.82, 2.24) is 29.9 Å². The van der Waals surface area contributed by atoms with Gasteiger partial charge in [-0.05, 0) is 13.8 Å². The lowest BCUT2D eigenvalue weighted by Crippen LogP contribution is -2.36. The number of nitriles is 1. The molecule has 0 saturated carbocycles. The van der Waals surface area contributed by atoms with Gasteiger partial charge in [0, 0.05) is 31.5 Å². The molecule has 0 spiro atoms. The smallest absolute Gasteiger partial charge is 0.407 e. The minimum absolute atomic E-state index is 0.0805. The zero-order chi connectivity index (χ0) is 23.5. The number of hydrogen-bond acceptors (Lipinski definition) is 9. The monoisotopic (exact) mass is 458 g/mol. The van der Waals surface area contributed by atoms with Crippen LogP contribution in [0.2, 0.25) is 0 Å². The van der Waals surface area contributed by atoms with Crippen LogP contribution in [-0.4, -0.2) is 62.7 Å². The number of ether oxygens (including phenoxy) is 3. The number of amides is 1.